The summed E-state index contributed by atoms with van der Waals surface area (Å²) in [5, 5.41) is 14.7. The standard InChI is InChI=1S/C27H34N8O/c1-5-7-20-16-19-17-29-26(31-23-11-10-21(18-28-23)34-14-12-33(4)13-15-34)32-25(19)35(20)24-9-6-8-22(30-24)27(2,3)36/h6,8-11,16-18,36H,5,7,12-15H2,1-4H3,(H,28,29,31,32). The number of anilines is 3. The van der Waals surface area contributed by atoms with Gasteiger partial charge in [-0.25, -0.2) is 15.0 Å². The second-order valence-corrected chi connectivity index (χ2v) is 9.95. The number of hydrogen-bond acceptors (Lipinski definition) is 8. The molecule has 1 fully saturated rings. The minimum Gasteiger partial charge on any atom is -0.384 e. The third-order valence-corrected chi connectivity index (χ3v) is 6.57. The number of aryl methyl sites for hydroxylation is 1. The van der Waals surface area contributed by atoms with Crippen LogP contribution in [-0.2, 0) is 12.0 Å². The van der Waals surface area contributed by atoms with E-state index in [2.05, 4.69) is 55.8 Å². The van der Waals surface area contributed by atoms with Crippen LogP contribution in [0.1, 0.15) is 38.6 Å². The van der Waals surface area contributed by atoms with Gasteiger partial charge in [0.1, 0.15) is 17.2 Å². The second kappa shape index (κ2) is 9.83. The Hall–Kier alpha value is -3.56. The summed E-state index contributed by atoms with van der Waals surface area (Å²) in [6.07, 6.45) is 5.60. The molecule has 0 saturated carbocycles. The number of aliphatic hydroxyl groups is 1. The van der Waals surface area contributed by atoms with Gasteiger partial charge in [0.25, 0.3) is 0 Å². The van der Waals surface area contributed by atoms with E-state index in [0.29, 0.717) is 17.5 Å². The van der Waals surface area contributed by atoms with E-state index >= 15 is 0 Å². The van der Waals surface area contributed by atoms with Crippen molar-refractivity contribution in [3.8, 4) is 5.82 Å². The predicted octanol–water partition coefficient (Wildman–Crippen LogP) is 3.89. The van der Waals surface area contributed by atoms with Crippen molar-refractivity contribution in [2.45, 2.75) is 39.2 Å². The van der Waals surface area contributed by atoms with E-state index in [1.807, 2.05) is 36.7 Å². The molecule has 0 spiro atoms. The van der Waals surface area contributed by atoms with Gasteiger partial charge in [0.2, 0.25) is 5.95 Å². The molecule has 5 heterocycles. The van der Waals surface area contributed by atoms with E-state index in [0.717, 1.165) is 67.3 Å². The Morgan fingerprint density at radius 2 is 1.81 bits per heavy atom. The normalized spacial score (nSPS) is 15.0. The van der Waals surface area contributed by atoms with Gasteiger partial charge in [0.05, 0.1) is 17.6 Å². The average molecular weight is 487 g/mol. The predicted molar refractivity (Wildman–Crippen MR) is 143 cm³/mol. The molecule has 0 radical (unpaired) electrons. The first-order valence-electron chi connectivity index (χ1n) is 12.6. The fraction of sp³-hybridized carbons (Fsp3) is 0.407. The highest BCUT2D eigenvalue weighted by Gasteiger charge is 2.20. The van der Waals surface area contributed by atoms with Gasteiger partial charge in [-0.3, -0.25) is 4.57 Å². The van der Waals surface area contributed by atoms with Crippen LogP contribution in [0.2, 0.25) is 0 Å². The summed E-state index contributed by atoms with van der Waals surface area (Å²) in [6, 6.07) is 11.9. The number of nitrogens with one attached hydrogen (secondary N) is 1. The van der Waals surface area contributed by atoms with Gasteiger partial charge < -0.3 is 20.2 Å². The minimum atomic E-state index is -1.03. The summed E-state index contributed by atoms with van der Waals surface area (Å²) in [6.45, 7) is 9.76. The molecule has 2 N–H and O–H groups in total. The van der Waals surface area contributed by atoms with Crippen molar-refractivity contribution < 1.29 is 5.11 Å². The van der Waals surface area contributed by atoms with E-state index in [1.54, 1.807) is 13.8 Å². The summed E-state index contributed by atoms with van der Waals surface area (Å²) in [7, 11) is 2.15. The van der Waals surface area contributed by atoms with Gasteiger partial charge in [0.15, 0.2) is 5.65 Å². The SMILES string of the molecule is CCCc1cc2cnc(Nc3ccc(N4CCN(C)CC4)cn3)nc2n1-c1cccc(C(C)(C)O)n1. The topological polar surface area (TPSA) is 95.2 Å². The zero-order valence-electron chi connectivity index (χ0n) is 21.4. The van der Waals surface area contributed by atoms with Gasteiger partial charge in [-0.2, -0.15) is 4.98 Å². The highest BCUT2D eigenvalue weighted by atomic mass is 16.3. The summed E-state index contributed by atoms with van der Waals surface area (Å²) in [5.41, 5.74) is 2.58. The van der Waals surface area contributed by atoms with Crippen LogP contribution in [0.25, 0.3) is 16.9 Å². The lowest BCUT2D eigenvalue weighted by Crippen LogP contribution is -2.44. The van der Waals surface area contributed by atoms with Crippen molar-refractivity contribution in [1.82, 2.24) is 29.4 Å². The van der Waals surface area contributed by atoms with Crippen molar-refractivity contribution >= 4 is 28.5 Å². The van der Waals surface area contributed by atoms with Crippen molar-refractivity contribution in [3.05, 3.63) is 60.2 Å². The molecular weight excluding hydrogens is 452 g/mol. The molecule has 0 atom stereocenters. The smallest absolute Gasteiger partial charge is 0.230 e. The number of rotatable bonds is 7. The number of fused-ring (bicyclic) bond motifs is 1. The number of likely N-dealkylation sites (N-methyl/N-ethyl adjacent to an activating group) is 1. The van der Waals surface area contributed by atoms with Crippen molar-refractivity contribution in [1.29, 1.82) is 0 Å². The van der Waals surface area contributed by atoms with Crippen LogP contribution in [-0.4, -0.2) is 67.7 Å². The molecule has 5 rings (SSSR count). The Bertz CT molecular complexity index is 1330. The van der Waals surface area contributed by atoms with Crippen molar-refractivity contribution in [3.63, 3.8) is 0 Å². The molecule has 1 aliphatic rings. The number of piperazine rings is 1. The monoisotopic (exact) mass is 486 g/mol. The van der Waals surface area contributed by atoms with Crippen LogP contribution < -0.4 is 10.2 Å². The molecule has 9 heteroatoms. The summed E-state index contributed by atoms with van der Waals surface area (Å²) in [5.74, 6) is 1.90. The average Bonchev–Trinajstić information content (AvgIpc) is 3.22. The largest absolute Gasteiger partial charge is 0.384 e. The molecule has 1 aliphatic heterocycles. The zero-order valence-corrected chi connectivity index (χ0v) is 21.4. The van der Waals surface area contributed by atoms with E-state index in [4.69, 9.17) is 9.97 Å². The first-order valence-corrected chi connectivity index (χ1v) is 12.6. The summed E-state index contributed by atoms with van der Waals surface area (Å²) >= 11 is 0. The maximum atomic E-state index is 10.5. The van der Waals surface area contributed by atoms with Crippen LogP contribution in [0.4, 0.5) is 17.5 Å². The fourth-order valence-electron chi connectivity index (χ4n) is 4.51. The van der Waals surface area contributed by atoms with Gasteiger partial charge in [-0.15, -0.1) is 0 Å². The lowest BCUT2D eigenvalue weighted by atomic mass is 10.1. The van der Waals surface area contributed by atoms with Crippen molar-refractivity contribution in [2.75, 3.05) is 43.4 Å². The highest BCUT2D eigenvalue weighted by molar-refractivity contribution is 5.80. The molecule has 0 aliphatic carbocycles. The minimum absolute atomic E-state index is 0.475. The van der Waals surface area contributed by atoms with Gasteiger partial charge in [-0.05, 0) is 57.6 Å². The summed E-state index contributed by atoms with van der Waals surface area (Å²) in [4.78, 5) is 23.4. The number of nitrogens with zero attached hydrogens (tertiary/aromatic N) is 7. The van der Waals surface area contributed by atoms with Gasteiger partial charge in [0, 0.05) is 43.5 Å². The molecule has 0 bridgehead atoms. The Morgan fingerprint density at radius 3 is 2.50 bits per heavy atom. The third kappa shape index (κ3) is 5.03. The van der Waals surface area contributed by atoms with E-state index < -0.39 is 5.60 Å². The second-order valence-electron chi connectivity index (χ2n) is 9.95. The van der Waals surface area contributed by atoms with Crippen LogP contribution in [0, 0.1) is 0 Å². The van der Waals surface area contributed by atoms with Crippen LogP contribution in [0.15, 0.2) is 48.8 Å². The van der Waals surface area contributed by atoms with Gasteiger partial charge >= 0.3 is 0 Å². The highest BCUT2D eigenvalue weighted by Crippen LogP contribution is 2.26. The third-order valence-electron chi connectivity index (χ3n) is 6.57. The molecule has 9 nitrogen and oxygen atoms in total. The van der Waals surface area contributed by atoms with Crippen LogP contribution >= 0.6 is 0 Å². The first-order chi connectivity index (χ1) is 17.3. The van der Waals surface area contributed by atoms with Crippen LogP contribution in [0.5, 0.6) is 0 Å². The van der Waals surface area contributed by atoms with E-state index in [9.17, 15) is 5.11 Å². The lowest BCUT2D eigenvalue weighted by Gasteiger charge is -2.33. The Kier molecular flexibility index (Phi) is 6.59. The Morgan fingerprint density at radius 1 is 1.00 bits per heavy atom. The Labute approximate surface area is 211 Å². The molecule has 4 aromatic heterocycles. The Balaban J connectivity index is 1.45. The molecule has 188 valence electrons. The first kappa shape index (κ1) is 24.1. The maximum absolute atomic E-state index is 10.5. The molecule has 0 unspecified atom stereocenters. The van der Waals surface area contributed by atoms with Crippen LogP contribution in [0.3, 0.4) is 0 Å². The zero-order chi connectivity index (χ0) is 25.3. The molecule has 0 aromatic carbocycles. The molecular formula is C27H34N8O. The lowest BCUT2D eigenvalue weighted by molar-refractivity contribution is 0.0738. The number of pyridine rings is 2. The van der Waals surface area contributed by atoms with Crippen molar-refractivity contribution in [2.24, 2.45) is 0 Å². The van der Waals surface area contributed by atoms with Gasteiger partial charge in [-0.1, -0.05) is 19.4 Å². The quantitative estimate of drug-likeness (QED) is 0.406. The fourth-order valence-corrected chi connectivity index (χ4v) is 4.51. The molecule has 36 heavy (non-hydrogen) atoms. The molecule has 0 amide bonds. The number of aromatic nitrogens is 5. The number of hydrogen-bond donors (Lipinski definition) is 2. The van der Waals surface area contributed by atoms with E-state index in [-0.39, 0.29) is 0 Å². The van der Waals surface area contributed by atoms with E-state index in [1.165, 1.54) is 0 Å². The summed E-state index contributed by atoms with van der Waals surface area (Å²) < 4.78 is 2.06. The maximum Gasteiger partial charge on any atom is 0.230 e. The molecule has 1 saturated heterocycles. The molecule has 4 aromatic rings.